The summed E-state index contributed by atoms with van der Waals surface area (Å²) in [6, 6.07) is 0. The quantitative estimate of drug-likeness (QED) is 0.747. The second-order valence-electron chi connectivity index (χ2n) is 4.63. The first kappa shape index (κ1) is 14.4. The first-order valence-corrected chi connectivity index (χ1v) is 7.37. The Morgan fingerprint density at radius 1 is 1.47 bits per heavy atom. The highest BCUT2D eigenvalue weighted by Gasteiger charge is 2.09. The molecular weight excluding hydrogens is 264 g/mol. The van der Waals surface area contributed by atoms with Gasteiger partial charge < -0.3 is 10.1 Å². The van der Waals surface area contributed by atoms with Gasteiger partial charge >= 0.3 is 0 Å². The van der Waals surface area contributed by atoms with E-state index in [9.17, 15) is 4.79 Å². The molecule has 1 aliphatic rings. The van der Waals surface area contributed by atoms with E-state index in [2.05, 4.69) is 19.6 Å². The van der Waals surface area contributed by atoms with Gasteiger partial charge in [-0.15, -0.1) is 0 Å². The predicted molar refractivity (Wildman–Crippen MR) is 74.7 cm³/mol. The molecule has 0 spiro atoms. The first-order valence-electron chi connectivity index (χ1n) is 6.60. The third-order valence-corrected chi connectivity index (χ3v) is 3.62. The number of ether oxygens (including phenoxy) is 1. The minimum Gasteiger partial charge on any atom is -0.379 e. The molecule has 0 aliphatic carbocycles. The maximum atomic E-state index is 10.9. The average molecular weight is 284 g/mol. The van der Waals surface area contributed by atoms with Gasteiger partial charge in [0.1, 0.15) is 5.78 Å². The Bertz CT molecular complexity index is 404. The van der Waals surface area contributed by atoms with Crippen LogP contribution in [-0.4, -0.2) is 59.4 Å². The first-order chi connectivity index (χ1) is 9.24. The number of hydrogen-bond acceptors (Lipinski definition) is 7. The Morgan fingerprint density at radius 2 is 2.26 bits per heavy atom. The highest BCUT2D eigenvalue weighted by molar-refractivity contribution is 7.09. The third kappa shape index (κ3) is 5.22. The SMILES string of the molecule is CC(=O)Cc1nsc(NCCCN2CCOCC2)n1. The second kappa shape index (κ2) is 7.52. The molecule has 0 unspecified atom stereocenters. The van der Waals surface area contributed by atoms with E-state index in [4.69, 9.17) is 4.74 Å². The fraction of sp³-hybridized carbons (Fsp3) is 0.750. The van der Waals surface area contributed by atoms with Crippen LogP contribution in [0.4, 0.5) is 5.13 Å². The molecule has 106 valence electrons. The lowest BCUT2D eigenvalue weighted by Crippen LogP contribution is -2.37. The molecular formula is C12H20N4O2S. The fourth-order valence-electron chi connectivity index (χ4n) is 1.94. The van der Waals surface area contributed by atoms with Crippen LogP contribution in [0.2, 0.25) is 0 Å². The Labute approximate surface area is 117 Å². The number of nitrogens with one attached hydrogen (secondary N) is 1. The van der Waals surface area contributed by atoms with Crippen molar-refractivity contribution in [1.29, 1.82) is 0 Å². The van der Waals surface area contributed by atoms with Crippen molar-refractivity contribution in [2.45, 2.75) is 19.8 Å². The molecule has 19 heavy (non-hydrogen) atoms. The molecule has 6 nitrogen and oxygen atoms in total. The lowest BCUT2D eigenvalue weighted by molar-refractivity contribution is -0.116. The molecule has 7 heteroatoms. The predicted octanol–water partition coefficient (Wildman–Crippen LogP) is 0.804. The molecule has 1 fully saturated rings. The molecule has 1 saturated heterocycles. The number of aromatic nitrogens is 2. The van der Waals surface area contributed by atoms with Gasteiger partial charge in [0.15, 0.2) is 5.82 Å². The lowest BCUT2D eigenvalue weighted by atomic mass is 10.3. The Balaban J connectivity index is 1.62. The van der Waals surface area contributed by atoms with Crippen molar-refractivity contribution < 1.29 is 9.53 Å². The maximum absolute atomic E-state index is 10.9. The number of anilines is 1. The van der Waals surface area contributed by atoms with Gasteiger partial charge in [-0.05, 0) is 19.9 Å². The summed E-state index contributed by atoms with van der Waals surface area (Å²) in [6.07, 6.45) is 1.40. The number of nitrogens with zero attached hydrogens (tertiary/aromatic N) is 3. The van der Waals surface area contributed by atoms with Gasteiger partial charge in [-0.2, -0.15) is 4.37 Å². The molecule has 0 bridgehead atoms. The standard InChI is InChI=1S/C12H20N4O2S/c1-10(17)9-11-14-12(19-15-11)13-3-2-4-16-5-7-18-8-6-16/h2-9H2,1H3,(H,13,14,15). The van der Waals surface area contributed by atoms with E-state index in [0.29, 0.717) is 12.2 Å². The van der Waals surface area contributed by atoms with Crippen molar-refractivity contribution in [3.05, 3.63) is 5.82 Å². The fourth-order valence-corrected chi connectivity index (χ4v) is 2.55. The van der Waals surface area contributed by atoms with E-state index >= 15 is 0 Å². The van der Waals surface area contributed by atoms with Gasteiger partial charge in [-0.3, -0.25) is 9.69 Å². The molecule has 1 aromatic rings. The van der Waals surface area contributed by atoms with Crippen molar-refractivity contribution in [2.24, 2.45) is 0 Å². The number of hydrogen-bond donors (Lipinski definition) is 1. The third-order valence-electron chi connectivity index (χ3n) is 2.91. The maximum Gasteiger partial charge on any atom is 0.202 e. The molecule has 1 aliphatic heterocycles. The highest BCUT2D eigenvalue weighted by atomic mass is 32.1. The number of carbonyl (C=O) groups excluding carboxylic acids is 1. The van der Waals surface area contributed by atoms with Crippen molar-refractivity contribution in [2.75, 3.05) is 44.7 Å². The van der Waals surface area contributed by atoms with Crippen molar-refractivity contribution in [3.8, 4) is 0 Å². The van der Waals surface area contributed by atoms with E-state index in [-0.39, 0.29) is 5.78 Å². The van der Waals surface area contributed by atoms with Gasteiger partial charge in [-0.25, -0.2) is 4.98 Å². The largest absolute Gasteiger partial charge is 0.379 e. The number of Topliss-reactive ketones (excluding diaryl/α,β-unsaturated/α-hetero) is 1. The monoisotopic (exact) mass is 284 g/mol. The zero-order valence-electron chi connectivity index (χ0n) is 11.2. The summed E-state index contributed by atoms with van der Waals surface area (Å²) in [5.74, 6) is 0.713. The normalized spacial score (nSPS) is 16.5. The van der Waals surface area contributed by atoms with Gasteiger partial charge in [0.05, 0.1) is 19.6 Å². The van der Waals surface area contributed by atoms with Crippen LogP contribution in [0.15, 0.2) is 0 Å². The molecule has 1 N–H and O–H groups in total. The number of carbonyl (C=O) groups is 1. The summed E-state index contributed by atoms with van der Waals surface area (Å²) < 4.78 is 9.45. The summed E-state index contributed by atoms with van der Waals surface area (Å²) in [6.45, 7) is 7.26. The zero-order valence-corrected chi connectivity index (χ0v) is 12.0. The van der Waals surface area contributed by atoms with E-state index in [0.717, 1.165) is 50.9 Å². The summed E-state index contributed by atoms with van der Waals surface area (Å²) in [5.41, 5.74) is 0. The zero-order chi connectivity index (χ0) is 13.5. The lowest BCUT2D eigenvalue weighted by Gasteiger charge is -2.26. The molecule has 2 heterocycles. The molecule has 2 rings (SSSR count). The molecule has 0 radical (unpaired) electrons. The van der Waals surface area contributed by atoms with Crippen molar-refractivity contribution >= 4 is 22.4 Å². The van der Waals surface area contributed by atoms with E-state index in [1.54, 1.807) is 6.92 Å². The summed E-state index contributed by atoms with van der Waals surface area (Å²) in [5, 5.41) is 4.06. The summed E-state index contributed by atoms with van der Waals surface area (Å²) in [7, 11) is 0. The van der Waals surface area contributed by atoms with Crippen LogP contribution in [0.3, 0.4) is 0 Å². The average Bonchev–Trinajstić information content (AvgIpc) is 2.83. The second-order valence-corrected chi connectivity index (χ2v) is 5.38. The minimum atomic E-state index is 0.0941. The van der Waals surface area contributed by atoms with Crippen LogP contribution in [0.1, 0.15) is 19.2 Å². The molecule has 0 saturated carbocycles. The van der Waals surface area contributed by atoms with E-state index in [1.807, 2.05) is 0 Å². The van der Waals surface area contributed by atoms with Crippen LogP contribution < -0.4 is 5.32 Å². The van der Waals surface area contributed by atoms with E-state index < -0.39 is 0 Å². The van der Waals surface area contributed by atoms with Crippen molar-refractivity contribution in [1.82, 2.24) is 14.3 Å². The van der Waals surface area contributed by atoms with Crippen LogP contribution in [0, 0.1) is 0 Å². The van der Waals surface area contributed by atoms with Crippen LogP contribution >= 0.6 is 11.5 Å². The van der Waals surface area contributed by atoms with Crippen LogP contribution in [0.25, 0.3) is 0 Å². The number of morpholine rings is 1. The number of ketones is 1. The summed E-state index contributed by atoms with van der Waals surface area (Å²) >= 11 is 1.32. The van der Waals surface area contributed by atoms with Gasteiger partial charge in [0.25, 0.3) is 0 Å². The van der Waals surface area contributed by atoms with Gasteiger partial charge in [-0.1, -0.05) is 0 Å². The Hall–Kier alpha value is -1.05. The Morgan fingerprint density at radius 3 is 3.00 bits per heavy atom. The van der Waals surface area contributed by atoms with Crippen LogP contribution in [0.5, 0.6) is 0 Å². The number of rotatable bonds is 7. The van der Waals surface area contributed by atoms with Gasteiger partial charge in [0, 0.05) is 31.2 Å². The van der Waals surface area contributed by atoms with Crippen LogP contribution in [-0.2, 0) is 16.0 Å². The van der Waals surface area contributed by atoms with Gasteiger partial charge in [0.2, 0.25) is 5.13 Å². The smallest absolute Gasteiger partial charge is 0.202 e. The highest BCUT2D eigenvalue weighted by Crippen LogP contribution is 2.11. The Kier molecular flexibility index (Phi) is 5.68. The minimum absolute atomic E-state index is 0.0941. The molecule has 1 aromatic heterocycles. The van der Waals surface area contributed by atoms with Crippen molar-refractivity contribution in [3.63, 3.8) is 0 Å². The van der Waals surface area contributed by atoms with E-state index in [1.165, 1.54) is 11.5 Å². The molecule has 0 atom stereocenters. The molecule has 0 amide bonds. The molecule has 0 aromatic carbocycles. The summed E-state index contributed by atoms with van der Waals surface area (Å²) in [4.78, 5) is 17.6. The topological polar surface area (TPSA) is 67.4 Å².